The zero-order valence-corrected chi connectivity index (χ0v) is 18.7. The van der Waals surface area contributed by atoms with E-state index >= 15 is 0 Å². The Morgan fingerprint density at radius 3 is 3.00 bits per heavy atom. The van der Waals surface area contributed by atoms with Gasteiger partial charge >= 0.3 is 0 Å². The van der Waals surface area contributed by atoms with Gasteiger partial charge in [-0.3, -0.25) is 9.79 Å². The first-order valence-electron chi connectivity index (χ1n) is 11.7. The van der Waals surface area contributed by atoms with Crippen molar-refractivity contribution in [1.82, 2.24) is 9.61 Å². The lowest BCUT2D eigenvalue weighted by Gasteiger charge is -2.37. The molecule has 32 heavy (non-hydrogen) atoms. The topological polar surface area (TPSA) is 80.3 Å². The predicted molar refractivity (Wildman–Crippen MR) is 126 cm³/mol. The fourth-order valence-electron chi connectivity index (χ4n) is 4.81. The van der Waals surface area contributed by atoms with E-state index in [0.29, 0.717) is 36.1 Å². The largest absolute Gasteiger partial charge is 0.490 e. The van der Waals surface area contributed by atoms with Crippen molar-refractivity contribution in [3.05, 3.63) is 36.2 Å². The Labute approximate surface area is 188 Å². The first kappa shape index (κ1) is 20.9. The van der Waals surface area contributed by atoms with Crippen molar-refractivity contribution in [2.24, 2.45) is 9.98 Å². The van der Waals surface area contributed by atoms with Crippen LogP contribution in [-0.2, 0) is 9.53 Å². The highest BCUT2D eigenvalue weighted by molar-refractivity contribution is 6.51. The van der Waals surface area contributed by atoms with Gasteiger partial charge in [-0.25, -0.2) is 9.51 Å². The minimum atomic E-state index is -0.0400. The molecule has 8 nitrogen and oxygen atoms in total. The average Bonchev–Trinajstić information content (AvgIpc) is 3.15. The van der Waals surface area contributed by atoms with Crippen LogP contribution in [0.4, 0.5) is 11.5 Å². The SMILES string of the molecule is C[N+]1(CCCNc2nn3ccccc3c2N=C2C=C3OCCN=C3CC2=O)CCCCC1. The van der Waals surface area contributed by atoms with Crippen molar-refractivity contribution in [2.75, 3.05) is 51.7 Å². The molecule has 0 spiro atoms. The van der Waals surface area contributed by atoms with Gasteiger partial charge in [-0.1, -0.05) is 6.07 Å². The third kappa shape index (κ3) is 4.32. The van der Waals surface area contributed by atoms with Crippen molar-refractivity contribution >= 4 is 34.2 Å². The maximum atomic E-state index is 12.7. The summed E-state index contributed by atoms with van der Waals surface area (Å²) in [4.78, 5) is 21.9. The number of carbonyl (C=O) groups excluding carboxylic acids is 1. The summed E-state index contributed by atoms with van der Waals surface area (Å²) in [7, 11) is 2.37. The van der Waals surface area contributed by atoms with Gasteiger partial charge in [-0.15, -0.1) is 5.10 Å². The molecule has 0 unspecified atom stereocenters. The lowest BCUT2D eigenvalue weighted by molar-refractivity contribution is -0.914. The summed E-state index contributed by atoms with van der Waals surface area (Å²) in [6, 6.07) is 5.87. The molecule has 0 atom stereocenters. The molecule has 0 saturated carbocycles. The van der Waals surface area contributed by atoms with E-state index in [1.807, 2.05) is 28.9 Å². The number of allylic oxidation sites excluding steroid dienone is 2. The summed E-state index contributed by atoms with van der Waals surface area (Å²) < 4.78 is 8.67. The Morgan fingerprint density at radius 1 is 1.25 bits per heavy atom. The second-order valence-corrected chi connectivity index (χ2v) is 9.14. The fraction of sp³-hybridized carbons (Fsp3) is 0.500. The normalized spacial score (nSPS) is 21.7. The number of aromatic nitrogens is 2. The number of piperidine rings is 1. The summed E-state index contributed by atoms with van der Waals surface area (Å²) in [5, 5.41) is 8.18. The van der Waals surface area contributed by atoms with E-state index in [1.165, 1.54) is 32.4 Å². The molecule has 1 N–H and O–H groups in total. The zero-order chi connectivity index (χ0) is 22.0. The summed E-state index contributed by atoms with van der Waals surface area (Å²) in [6.07, 6.45) is 8.96. The van der Waals surface area contributed by atoms with E-state index < -0.39 is 0 Å². The van der Waals surface area contributed by atoms with Gasteiger partial charge in [0.25, 0.3) is 0 Å². The maximum Gasteiger partial charge on any atom is 0.187 e. The number of rotatable bonds is 6. The van der Waals surface area contributed by atoms with Crippen molar-refractivity contribution in [3.8, 4) is 0 Å². The summed E-state index contributed by atoms with van der Waals surface area (Å²) in [5.41, 5.74) is 2.69. The molecule has 4 heterocycles. The van der Waals surface area contributed by atoms with Gasteiger partial charge in [-0.2, -0.15) is 0 Å². The van der Waals surface area contributed by atoms with Gasteiger partial charge in [0.15, 0.2) is 11.6 Å². The van der Waals surface area contributed by atoms with Crippen LogP contribution in [0, 0.1) is 0 Å². The molecule has 2 aromatic heterocycles. The lowest BCUT2D eigenvalue weighted by Crippen LogP contribution is -2.48. The quantitative estimate of drug-likeness (QED) is 0.558. The first-order chi connectivity index (χ1) is 15.6. The number of nitrogens with one attached hydrogen (secondary N) is 1. The van der Waals surface area contributed by atoms with Gasteiger partial charge in [0.1, 0.15) is 23.8 Å². The third-order valence-electron chi connectivity index (χ3n) is 6.63. The van der Waals surface area contributed by atoms with E-state index in [9.17, 15) is 4.79 Å². The monoisotopic (exact) mass is 435 g/mol. The van der Waals surface area contributed by atoms with Crippen LogP contribution in [0.3, 0.4) is 0 Å². The fourth-order valence-corrected chi connectivity index (χ4v) is 4.81. The van der Waals surface area contributed by atoms with Crippen LogP contribution < -0.4 is 5.32 Å². The van der Waals surface area contributed by atoms with Gasteiger partial charge in [-0.05, 0) is 31.4 Å². The van der Waals surface area contributed by atoms with Gasteiger partial charge < -0.3 is 14.5 Å². The number of Topliss-reactive ketones (excluding diaryl/α,β-unsaturated/α-hetero) is 1. The Kier molecular flexibility index (Phi) is 5.78. The number of fused-ring (bicyclic) bond motifs is 2. The van der Waals surface area contributed by atoms with Crippen molar-refractivity contribution < 1.29 is 14.0 Å². The van der Waals surface area contributed by atoms with Crippen LogP contribution in [0.25, 0.3) is 5.52 Å². The Bertz CT molecular complexity index is 1110. The number of aliphatic imine (C=N–C) groups is 2. The van der Waals surface area contributed by atoms with Crippen molar-refractivity contribution in [1.29, 1.82) is 0 Å². The molecule has 1 fully saturated rings. The van der Waals surface area contributed by atoms with E-state index in [0.717, 1.165) is 35.2 Å². The molecule has 2 aliphatic heterocycles. The number of quaternary nitrogens is 1. The van der Waals surface area contributed by atoms with Crippen LogP contribution in [0.1, 0.15) is 32.1 Å². The van der Waals surface area contributed by atoms with Gasteiger partial charge in [0, 0.05) is 25.2 Å². The Morgan fingerprint density at radius 2 is 2.12 bits per heavy atom. The molecule has 0 amide bonds. The van der Waals surface area contributed by atoms with E-state index in [-0.39, 0.29) is 12.2 Å². The number of hydrogen-bond donors (Lipinski definition) is 1. The van der Waals surface area contributed by atoms with Crippen LogP contribution >= 0.6 is 0 Å². The molecule has 2 aromatic rings. The number of nitrogens with zero attached hydrogens (tertiary/aromatic N) is 5. The van der Waals surface area contributed by atoms with Crippen LogP contribution in [0.15, 0.2) is 46.2 Å². The van der Waals surface area contributed by atoms with Crippen LogP contribution in [-0.4, -0.2) is 77.7 Å². The molecule has 8 heteroatoms. The standard InChI is InChI=1S/C24H31N6O2/c1-30(12-5-2-6-13-30)14-7-9-26-24-23(20-8-3-4-11-29(20)28-24)27-18-17-22-19(16-21(18)31)25-10-15-32-22/h3-4,8,11,17H,2,5-7,9-10,12-16H2,1H3,(H,26,28)/q+1. The third-order valence-corrected chi connectivity index (χ3v) is 6.63. The summed E-state index contributed by atoms with van der Waals surface area (Å²) >= 11 is 0. The number of anilines is 1. The Hall–Kier alpha value is -3.00. The second kappa shape index (κ2) is 8.86. The van der Waals surface area contributed by atoms with Gasteiger partial charge in [0.05, 0.1) is 50.9 Å². The molecule has 0 bridgehead atoms. The molecule has 0 aromatic carbocycles. The molecule has 5 rings (SSSR count). The minimum Gasteiger partial charge on any atom is -0.490 e. The van der Waals surface area contributed by atoms with E-state index in [2.05, 4.69) is 17.4 Å². The van der Waals surface area contributed by atoms with E-state index in [4.69, 9.17) is 14.8 Å². The average molecular weight is 436 g/mol. The van der Waals surface area contributed by atoms with Gasteiger partial charge in [0.2, 0.25) is 0 Å². The highest BCUT2D eigenvalue weighted by atomic mass is 16.5. The molecular weight excluding hydrogens is 404 g/mol. The van der Waals surface area contributed by atoms with Crippen molar-refractivity contribution in [3.63, 3.8) is 0 Å². The molecule has 1 aliphatic carbocycles. The zero-order valence-electron chi connectivity index (χ0n) is 18.7. The van der Waals surface area contributed by atoms with E-state index in [1.54, 1.807) is 6.08 Å². The highest BCUT2D eigenvalue weighted by Crippen LogP contribution is 2.31. The number of hydrogen-bond acceptors (Lipinski definition) is 6. The number of ether oxygens (including phenoxy) is 1. The second-order valence-electron chi connectivity index (χ2n) is 9.14. The molecule has 1 saturated heterocycles. The molecule has 3 aliphatic rings. The first-order valence-corrected chi connectivity index (χ1v) is 11.7. The molecule has 168 valence electrons. The van der Waals surface area contributed by atoms with Crippen molar-refractivity contribution in [2.45, 2.75) is 32.1 Å². The smallest absolute Gasteiger partial charge is 0.187 e. The number of ketones is 1. The summed E-state index contributed by atoms with van der Waals surface area (Å²) in [5.74, 6) is 1.33. The predicted octanol–water partition coefficient (Wildman–Crippen LogP) is 3.17. The highest BCUT2D eigenvalue weighted by Gasteiger charge is 2.27. The minimum absolute atomic E-state index is 0.0400. The number of likely N-dealkylation sites (tertiary alicyclic amines) is 1. The number of carbonyl (C=O) groups is 1. The molecular formula is C24H31N6O2+. The van der Waals surface area contributed by atoms with Crippen LogP contribution in [0.5, 0.6) is 0 Å². The molecule has 0 radical (unpaired) electrons. The maximum absolute atomic E-state index is 12.7. The summed E-state index contributed by atoms with van der Waals surface area (Å²) in [6.45, 7) is 5.68. The Balaban J connectivity index is 1.37. The van der Waals surface area contributed by atoms with Crippen LogP contribution in [0.2, 0.25) is 0 Å². The number of pyridine rings is 1. The lowest BCUT2D eigenvalue weighted by atomic mass is 10.00.